The standard InChI is InChI=1S/C12H21N3O/c1-10(13)6-12-7-14-15(9-12)8-11-2-4-16-5-3-11/h7,9-11H,2-6,8,13H2,1H3. The molecule has 2 rings (SSSR count). The molecule has 1 fully saturated rings. The van der Waals surface area contributed by atoms with E-state index < -0.39 is 0 Å². The van der Waals surface area contributed by atoms with E-state index in [9.17, 15) is 0 Å². The Hall–Kier alpha value is -0.870. The second kappa shape index (κ2) is 5.46. The van der Waals surface area contributed by atoms with E-state index in [0.29, 0.717) is 0 Å². The van der Waals surface area contributed by atoms with Crippen LogP contribution in [0.5, 0.6) is 0 Å². The van der Waals surface area contributed by atoms with Crippen LogP contribution in [0, 0.1) is 5.92 Å². The molecular weight excluding hydrogens is 202 g/mol. The first-order valence-corrected chi connectivity index (χ1v) is 6.08. The van der Waals surface area contributed by atoms with Crippen molar-refractivity contribution < 1.29 is 4.74 Å². The lowest BCUT2D eigenvalue weighted by molar-refractivity contribution is 0.0601. The van der Waals surface area contributed by atoms with Crippen LogP contribution in [-0.4, -0.2) is 29.0 Å². The van der Waals surface area contributed by atoms with Crippen LogP contribution in [0.1, 0.15) is 25.3 Å². The molecule has 1 aromatic rings. The summed E-state index contributed by atoms with van der Waals surface area (Å²) in [6, 6.07) is 0.209. The Bertz CT molecular complexity index is 316. The minimum Gasteiger partial charge on any atom is -0.381 e. The zero-order chi connectivity index (χ0) is 11.4. The summed E-state index contributed by atoms with van der Waals surface area (Å²) in [5.41, 5.74) is 7.00. The average Bonchev–Trinajstić information content (AvgIpc) is 2.66. The van der Waals surface area contributed by atoms with Crippen molar-refractivity contribution in [3.63, 3.8) is 0 Å². The third kappa shape index (κ3) is 3.32. The van der Waals surface area contributed by atoms with Gasteiger partial charge in [0, 0.05) is 32.0 Å². The van der Waals surface area contributed by atoms with Gasteiger partial charge in [0.2, 0.25) is 0 Å². The Balaban J connectivity index is 1.86. The molecule has 0 saturated carbocycles. The number of rotatable bonds is 4. The van der Waals surface area contributed by atoms with Crippen molar-refractivity contribution in [1.82, 2.24) is 9.78 Å². The third-order valence-electron chi connectivity index (χ3n) is 3.03. The molecule has 1 aromatic heterocycles. The van der Waals surface area contributed by atoms with Crippen LogP contribution in [0.15, 0.2) is 12.4 Å². The highest BCUT2D eigenvalue weighted by molar-refractivity contribution is 5.05. The number of nitrogens with two attached hydrogens (primary N) is 1. The molecule has 0 aliphatic carbocycles. The summed E-state index contributed by atoms with van der Waals surface area (Å²) in [6.45, 7) is 4.84. The molecule has 0 bridgehead atoms. The second-order valence-corrected chi connectivity index (χ2v) is 4.81. The van der Waals surface area contributed by atoms with Crippen molar-refractivity contribution >= 4 is 0 Å². The average molecular weight is 223 g/mol. The van der Waals surface area contributed by atoms with Crippen LogP contribution in [0.3, 0.4) is 0 Å². The Morgan fingerprint density at radius 2 is 2.31 bits per heavy atom. The lowest BCUT2D eigenvalue weighted by Gasteiger charge is -2.21. The van der Waals surface area contributed by atoms with Gasteiger partial charge in [0.1, 0.15) is 0 Å². The summed E-state index contributed by atoms with van der Waals surface area (Å²) in [4.78, 5) is 0. The predicted molar refractivity (Wildman–Crippen MR) is 63.1 cm³/mol. The highest BCUT2D eigenvalue weighted by Crippen LogP contribution is 2.16. The van der Waals surface area contributed by atoms with E-state index in [1.807, 2.05) is 17.8 Å². The summed E-state index contributed by atoms with van der Waals surface area (Å²) in [7, 11) is 0. The van der Waals surface area contributed by atoms with Gasteiger partial charge in [0.15, 0.2) is 0 Å². The first-order chi connectivity index (χ1) is 7.74. The molecule has 4 heteroatoms. The molecule has 1 unspecified atom stereocenters. The number of ether oxygens (including phenoxy) is 1. The smallest absolute Gasteiger partial charge is 0.0522 e. The Morgan fingerprint density at radius 3 is 3.00 bits per heavy atom. The van der Waals surface area contributed by atoms with Crippen LogP contribution in [0.25, 0.3) is 0 Å². The second-order valence-electron chi connectivity index (χ2n) is 4.81. The predicted octanol–water partition coefficient (Wildman–Crippen LogP) is 1.20. The number of aromatic nitrogens is 2. The maximum Gasteiger partial charge on any atom is 0.0522 e. The molecule has 0 spiro atoms. The fraction of sp³-hybridized carbons (Fsp3) is 0.750. The van der Waals surface area contributed by atoms with Gasteiger partial charge in [0.25, 0.3) is 0 Å². The van der Waals surface area contributed by atoms with Crippen molar-refractivity contribution in [1.29, 1.82) is 0 Å². The van der Waals surface area contributed by atoms with Crippen LogP contribution >= 0.6 is 0 Å². The highest BCUT2D eigenvalue weighted by atomic mass is 16.5. The molecule has 0 radical (unpaired) electrons. The summed E-state index contributed by atoms with van der Waals surface area (Å²) < 4.78 is 7.40. The summed E-state index contributed by atoms with van der Waals surface area (Å²) in [6.07, 6.45) is 7.28. The Morgan fingerprint density at radius 1 is 1.56 bits per heavy atom. The van der Waals surface area contributed by atoms with Crippen molar-refractivity contribution in [2.75, 3.05) is 13.2 Å². The Kier molecular flexibility index (Phi) is 3.96. The first-order valence-electron chi connectivity index (χ1n) is 6.08. The topological polar surface area (TPSA) is 53.1 Å². The van der Waals surface area contributed by atoms with Gasteiger partial charge in [-0.25, -0.2) is 0 Å². The largest absolute Gasteiger partial charge is 0.381 e. The number of hydrogen-bond donors (Lipinski definition) is 1. The van der Waals surface area contributed by atoms with Crippen LogP contribution in [0.4, 0.5) is 0 Å². The molecule has 1 aliphatic rings. The van der Waals surface area contributed by atoms with Gasteiger partial charge in [0.05, 0.1) is 6.20 Å². The summed E-state index contributed by atoms with van der Waals surface area (Å²) >= 11 is 0. The number of nitrogens with zero attached hydrogens (tertiary/aromatic N) is 2. The van der Waals surface area contributed by atoms with Crippen LogP contribution in [0.2, 0.25) is 0 Å². The molecule has 0 amide bonds. The van der Waals surface area contributed by atoms with Gasteiger partial charge in [-0.3, -0.25) is 4.68 Å². The quantitative estimate of drug-likeness (QED) is 0.834. The van der Waals surface area contributed by atoms with Crippen molar-refractivity contribution in [3.05, 3.63) is 18.0 Å². The fourth-order valence-corrected chi connectivity index (χ4v) is 2.18. The summed E-state index contributed by atoms with van der Waals surface area (Å²) in [5.74, 6) is 0.719. The van der Waals surface area contributed by atoms with Gasteiger partial charge in [-0.1, -0.05) is 0 Å². The normalized spacial score (nSPS) is 19.9. The lowest BCUT2D eigenvalue weighted by Crippen LogP contribution is -2.20. The zero-order valence-corrected chi connectivity index (χ0v) is 9.93. The van der Waals surface area contributed by atoms with Gasteiger partial charge in [-0.2, -0.15) is 5.10 Å². The molecule has 1 atom stereocenters. The van der Waals surface area contributed by atoms with E-state index in [4.69, 9.17) is 10.5 Å². The van der Waals surface area contributed by atoms with E-state index in [-0.39, 0.29) is 6.04 Å². The van der Waals surface area contributed by atoms with Gasteiger partial charge in [-0.15, -0.1) is 0 Å². The first kappa shape index (κ1) is 11.6. The molecule has 90 valence electrons. The van der Waals surface area contributed by atoms with Crippen molar-refractivity contribution in [3.8, 4) is 0 Å². The van der Waals surface area contributed by atoms with Gasteiger partial charge < -0.3 is 10.5 Å². The van der Waals surface area contributed by atoms with E-state index in [0.717, 1.165) is 44.9 Å². The van der Waals surface area contributed by atoms with Crippen LogP contribution in [-0.2, 0) is 17.7 Å². The molecule has 0 aromatic carbocycles. The summed E-state index contributed by atoms with van der Waals surface area (Å²) in [5, 5.41) is 4.38. The molecular formula is C12H21N3O. The van der Waals surface area contributed by atoms with E-state index in [2.05, 4.69) is 11.3 Å². The molecule has 4 nitrogen and oxygen atoms in total. The van der Waals surface area contributed by atoms with E-state index >= 15 is 0 Å². The SMILES string of the molecule is CC(N)Cc1cnn(CC2CCOCC2)c1. The maximum absolute atomic E-state index is 5.76. The molecule has 2 heterocycles. The molecule has 1 aliphatic heterocycles. The third-order valence-corrected chi connectivity index (χ3v) is 3.03. The Labute approximate surface area is 96.8 Å². The zero-order valence-electron chi connectivity index (χ0n) is 9.93. The van der Waals surface area contributed by atoms with Crippen molar-refractivity contribution in [2.45, 2.75) is 38.8 Å². The molecule has 2 N–H and O–H groups in total. The molecule has 1 saturated heterocycles. The van der Waals surface area contributed by atoms with E-state index in [1.165, 1.54) is 5.56 Å². The maximum atomic E-state index is 5.76. The lowest BCUT2D eigenvalue weighted by atomic mass is 10.0. The van der Waals surface area contributed by atoms with Crippen LogP contribution < -0.4 is 5.73 Å². The number of hydrogen-bond acceptors (Lipinski definition) is 3. The highest BCUT2D eigenvalue weighted by Gasteiger charge is 2.14. The minimum absolute atomic E-state index is 0.209. The fourth-order valence-electron chi connectivity index (χ4n) is 2.18. The van der Waals surface area contributed by atoms with Gasteiger partial charge in [-0.05, 0) is 37.7 Å². The monoisotopic (exact) mass is 223 g/mol. The van der Waals surface area contributed by atoms with Gasteiger partial charge >= 0.3 is 0 Å². The van der Waals surface area contributed by atoms with Crippen molar-refractivity contribution in [2.24, 2.45) is 11.7 Å². The van der Waals surface area contributed by atoms with E-state index in [1.54, 1.807) is 0 Å². The molecule has 16 heavy (non-hydrogen) atoms. The minimum atomic E-state index is 0.209.